The molecule has 0 saturated carbocycles. The number of nitrogens with one attached hydrogen (secondary N) is 1. The van der Waals surface area contributed by atoms with Crippen molar-refractivity contribution in [3.05, 3.63) is 16.6 Å². The minimum atomic E-state index is -0.139. The molecule has 2 heterocycles. The van der Waals surface area contributed by atoms with Crippen molar-refractivity contribution in [2.24, 2.45) is 0 Å². The van der Waals surface area contributed by atoms with E-state index in [4.69, 9.17) is 4.74 Å². The monoisotopic (exact) mass is 297 g/mol. The van der Waals surface area contributed by atoms with Crippen LogP contribution in [0.5, 0.6) is 0 Å². The number of hydrogen-bond donors (Lipinski definition) is 1. The second-order valence-electron chi connectivity index (χ2n) is 5.19. The summed E-state index contributed by atoms with van der Waals surface area (Å²) in [5.41, 5.74) is -0.139. The topological polar surface area (TPSA) is 54.5 Å². The van der Waals surface area contributed by atoms with Gasteiger partial charge in [-0.15, -0.1) is 11.3 Å². The van der Waals surface area contributed by atoms with Crippen LogP contribution in [0.1, 0.15) is 31.7 Å². The molecule has 1 amide bonds. The molecule has 0 spiro atoms. The zero-order chi connectivity index (χ0) is 14.4. The number of amides is 1. The summed E-state index contributed by atoms with van der Waals surface area (Å²) in [6.07, 6.45) is 3.31. The van der Waals surface area contributed by atoms with Crippen molar-refractivity contribution in [2.45, 2.75) is 32.2 Å². The minimum absolute atomic E-state index is 0.139. The van der Waals surface area contributed by atoms with E-state index in [9.17, 15) is 4.79 Å². The molecule has 1 N–H and O–H groups in total. The van der Waals surface area contributed by atoms with Gasteiger partial charge in [-0.25, -0.2) is 4.98 Å². The van der Waals surface area contributed by atoms with Gasteiger partial charge in [-0.2, -0.15) is 0 Å². The summed E-state index contributed by atoms with van der Waals surface area (Å²) < 4.78 is 5.26. The maximum Gasteiger partial charge on any atom is 0.224 e. The lowest BCUT2D eigenvalue weighted by atomic mass is 10.00. The standard InChI is InChI=1S/C14H23N3O2S/c1-3-14(2,13-15-6-11-20-13)16-5-4-12(18)17-7-9-19-10-8-17/h6,11,16H,3-5,7-10H2,1-2H3. The lowest BCUT2D eigenvalue weighted by Gasteiger charge is -2.29. The van der Waals surface area contributed by atoms with E-state index in [0.29, 0.717) is 26.2 Å². The van der Waals surface area contributed by atoms with Gasteiger partial charge < -0.3 is 15.0 Å². The van der Waals surface area contributed by atoms with E-state index >= 15 is 0 Å². The highest BCUT2D eigenvalue weighted by Gasteiger charge is 2.27. The van der Waals surface area contributed by atoms with Crippen LogP contribution in [0.3, 0.4) is 0 Å². The molecule has 1 atom stereocenters. The van der Waals surface area contributed by atoms with Gasteiger partial charge in [-0.1, -0.05) is 6.92 Å². The number of aromatic nitrogens is 1. The Morgan fingerprint density at radius 3 is 2.90 bits per heavy atom. The molecule has 20 heavy (non-hydrogen) atoms. The normalized spacial score (nSPS) is 18.8. The van der Waals surface area contributed by atoms with Gasteiger partial charge >= 0.3 is 0 Å². The Bertz CT molecular complexity index is 418. The van der Waals surface area contributed by atoms with Gasteiger partial charge in [-0.05, 0) is 13.3 Å². The summed E-state index contributed by atoms with van der Waals surface area (Å²) in [6, 6.07) is 0. The van der Waals surface area contributed by atoms with Crippen LogP contribution in [0.25, 0.3) is 0 Å². The van der Waals surface area contributed by atoms with Gasteiger partial charge in [0.1, 0.15) is 5.01 Å². The molecule has 112 valence electrons. The second-order valence-corrected chi connectivity index (χ2v) is 6.09. The third-order valence-electron chi connectivity index (χ3n) is 3.83. The van der Waals surface area contributed by atoms with Crippen LogP contribution >= 0.6 is 11.3 Å². The molecule has 0 bridgehead atoms. The van der Waals surface area contributed by atoms with Crippen LogP contribution in [-0.2, 0) is 15.1 Å². The van der Waals surface area contributed by atoms with E-state index < -0.39 is 0 Å². The molecule has 0 radical (unpaired) electrons. The highest BCUT2D eigenvalue weighted by atomic mass is 32.1. The number of nitrogens with zero attached hydrogens (tertiary/aromatic N) is 2. The van der Waals surface area contributed by atoms with Gasteiger partial charge in [0.2, 0.25) is 5.91 Å². The average molecular weight is 297 g/mol. The van der Waals surface area contributed by atoms with Crippen LogP contribution in [0.2, 0.25) is 0 Å². The molecule has 1 fully saturated rings. The fourth-order valence-corrected chi connectivity index (χ4v) is 3.11. The quantitative estimate of drug-likeness (QED) is 0.866. The highest BCUT2D eigenvalue weighted by molar-refractivity contribution is 7.09. The highest BCUT2D eigenvalue weighted by Crippen LogP contribution is 2.26. The van der Waals surface area contributed by atoms with Crippen molar-refractivity contribution >= 4 is 17.2 Å². The summed E-state index contributed by atoms with van der Waals surface area (Å²) in [5, 5.41) is 6.56. The fourth-order valence-electron chi connectivity index (χ4n) is 2.26. The van der Waals surface area contributed by atoms with Crippen molar-refractivity contribution in [2.75, 3.05) is 32.8 Å². The zero-order valence-electron chi connectivity index (χ0n) is 12.2. The number of hydrogen-bond acceptors (Lipinski definition) is 5. The Morgan fingerprint density at radius 1 is 1.55 bits per heavy atom. The molecule has 1 saturated heterocycles. The minimum Gasteiger partial charge on any atom is -0.378 e. The SMILES string of the molecule is CCC(C)(NCCC(=O)N1CCOCC1)c1nccs1. The Hall–Kier alpha value is -0.980. The van der Waals surface area contributed by atoms with Crippen LogP contribution in [0.15, 0.2) is 11.6 Å². The lowest BCUT2D eigenvalue weighted by Crippen LogP contribution is -2.44. The van der Waals surface area contributed by atoms with E-state index in [1.54, 1.807) is 11.3 Å². The first kappa shape index (κ1) is 15.4. The first-order valence-electron chi connectivity index (χ1n) is 7.16. The summed E-state index contributed by atoms with van der Waals surface area (Å²) in [5.74, 6) is 0.207. The fraction of sp³-hybridized carbons (Fsp3) is 0.714. The Morgan fingerprint density at radius 2 is 2.30 bits per heavy atom. The van der Waals surface area contributed by atoms with Gasteiger partial charge in [0.25, 0.3) is 0 Å². The number of carbonyl (C=O) groups excluding carboxylic acids is 1. The summed E-state index contributed by atoms with van der Waals surface area (Å²) in [7, 11) is 0. The number of thiazole rings is 1. The third kappa shape index (κ3) is 3.77. The number of morpholine rings is 1. The van der Waals surface area contributed by atoms with Crippen molar-refractivity contribution in [3.63, 3.8) is 0 Å². The Labute approximate surface area is 124 Å². The molecule has 6 heteroatoms. The van der Waals surface area contributed by atoms with E-state index in [-0.39, 0.29) is 11.4 Å². The second kappa shape index (κ2) is 7.15. The molecule has 1 unspecified atom stereocenters. The first-order valence-corrected chi connectivity index (χ1v) is 8.04. The van der Waals surface area contributed by atoms with E-state index in [0.717, 1.165) is 24.5 Å². The molecule has 1 aliphatic rings. The van der Waals surface area contributed by atoms with Crippen LogP contribution < -0.4 is 5.32 Å². The predicted molar refractivity (Wildman–Crippen MR) is 79.8 cm³/mol. The van der Waals surface area contributed by atoms with Gasteiger partial charge in [0.05, 0.1) is 18.8 Å². The van der Waals surface area contributed by atoms with E-state index in [2.05, 4.69) is 24.1 Å². The van der Waals surface area contributed by atoms with Crippen LogP contribution in [0, 0.1) is 0 Å². The van der Waals surface area contributed by atoms with E-state index in [1.165, 1.54) is 0 Å². The van der Waals surface area contributed by atoms with Crippen molar-refractivity contribution < 1.29 is 9.53 Å². The first-order chi connectivity index (χ1) is 9.65. The predicted octanol–water partition coefficient (Wildman–Crippen LogP) is 1.61. The molecule has 0 aliphatic carbocycles. The average Bonchev–Trinajstić information content (AvgIpc) is 3.02. The van der Waals surface area contributed by atoms with Gasteiger partial charge in [0, 0.05) is 37.6 Å². The molecule has 2 rings (SSSR count). The molecule has 1 aliphatic heterocycles. The van der Waals surface area contributed by atoms with Crippen molar-refractivity contribution in [1.82, 2.24) is 15.2 Å². The van der Waals surface area contributed by atoms with Crippen molar-refractivity contribution in [3.8, 4) is 0 Å². The molecular formula is C14H23N3O2S. The molecular weight excluding hydrogens is 274 g/mol. The number of carbonyl (C=O) groups is 1. The maximum absolute atomic E-state index is 12.1. The third-order valence-corrected chi connectivity index (χ3v) is 4.87. The largest absolute Gasteiger partial charge is 0.378 e. The summed E-state index contributed by atoms with van der Waals surface area (Å²) >= 11 is 1.66. The van der Waals surface area contributed by atoms with Gasteiger partial charge in [-0.3, -0.25) is 4.79 Å². The smallest absolute Gasteiger partial charge is 0.224 e. The molecule has 0 aromatic carbocycles. The Balaban J connectivity index is 1.80. The summed E-state index contributed by atoms with van der Waals surface area (Å²) in [6.45, 7) is 7.71. The Kier molecular flexibility index (Phi) is 5.51. The zero-order valence-corrected chi connectivity index (χ0v) is 13.0. The van der Waals surface area contributed by atoms with Crippen LogP contribution in [-0.4, -0.2) is 48.6 Å². The lowest BCUT2D eigenvalue weighted by molar-refractivity contribution is -0.135. The molecule has 1 aromatic rings. The van der Waals surface area contributed by atoms with E-state index in [1.807, 2.05) is 16.5 Å². The summed E-state index contributed by atoms with van der Waals surface area (Å²) in [4.78, 5) is 18.4. The van der Waals surface area contributed by atoms with Gasteiger partial charge in [0.15, 0.2) is 0 Å². The number of rotatable bonds is 6. The maximum atomic E-state index is 12.1. The number of ether oxygens (including phenoxy) is 1. The molecule has 1 aromatic heterocycles. The van der Waals surface area contributed by atoms with Crippen molar-refractivity contribution in [1.29, 1.82) is 0 Å². The molecule has 5 nitrogen and oxygen atoms in total. The van der Waals surface area contributed by atoms with Crippen LogP contribution in [0.4, 0.5) is 0 Å².